The summed E-state index contributed by atoms with van der Waals surface area (Å²) in [5, 5.41) is 14.0. The number of rotatable bonds is 4. The van der Waals surface area contributed by atoms with Gasteiger partial charge < -0.3 is 20.2 Å². The molecule has 1 aromatic carbocycles. The van der Waals surface area contributed by atoms with Crippen LogP contribution in [0.15, 0.2) is 59.3 Å². The lowest BCUT2D eigenvalue weighted by atomic mass is 10.1. The maximum Gasteiger partial charge on any atom is 0.490 e. The van der Waals surface area contributed by atoms with Gasteiger partial charge in [0, 0.05) is 17.8 Å². The van der Waals surface area contributed by atoms with Gasteiger partial charge in [-0.25, -0.2) is 14.8 Å². The highest BCUT2D eigenvalue weighted by Crippen LogP contribution is 2.27. The minimum atomic E-state index is -5.08. The number of piperidine rings is 1. The van der Waals surface area contributed by atoms with Gasteiger partial charge in [0.2, 0.25) is 0 Å². The van der Waals surface area contributed by atoms with E-state index in [-0.39, 0.29) is 0 Å². The van der Waals surface area contributed by atoms with Crippen molar-refractivity contribution >= 4 is 11.8 Å². The standard InChI is InChI=1S/C19H20N4O.C2HF3O2/c1-2-4-14(5-3-1)15-12-17(24-13-15)19-21-11-8-18(23-19)22-16-6-9-20-10-7-16;3-2(4,5)1(6)7/h1-5,8,11-13,16,20H,6-7,9-10H2,(H,21,22,23);(H,6,7). The van der Waals surface area contributed by atoms with E-state index >= 15 is 0 Å². The number of nitrogens with one attached hydrogen (secondary N) is 2. The SMILES string of the molecule is O=C(O)C(F)(F)F.c1ccc(-c2coc(-c3nccc(NC4CCNCC4)n3)c2)cc1. The van der Waals surface area contributed by atoms with Crippen molar-refractivity contribution in [1.82, 2.24) is 15.3 Å². The molecule has 0 unspecified atom stereocenters. The number of hydrogen-bond donors (Lipinski definition) is 3. The molecule has 3 aromatic rings. The lowest BCUT2D eigenvalue weighted by Gasteiger charge is -2.24. The highest BCUT2D eigenvalue weighted by Gasteiger charge is 2.38. The minimum absolute atomic E-state index is 0.463. The van der Waals surface area contributed by atoms with Gasteiger partial charge in [-0.2, -0.15) is 13.2 Å². The number of hydrogen-bond acceptors (Lipinski definition) is 6. The van der Waals surface area contributed by atoms with Crippen LogP contribution in [0.1, 0.15) is 12.8 Å². The summed E-state index contributed by atoms with van der Waals surface area (Å²) < 4.78 is 37.4. The van der Waals surface area contributed by atoms with Crippen molar-refractivity contribution in [1.29, 1.82) is 0 Å². The van der Waals surface area contributed by atoms with Crippen LogP contribution in [0.4, 0.5) is 19.0 Å². The average molecular weight is 434 g/mol. The largest absolute Gasteiger partial charge is 0.490 e. The number of anilines is 1. The fourth-order valence-electron chi connectivity index (χ4n) is 2.97. The molecular weight excluding hydrogens is 413 g/mol. The van der Waals surface area contributed by atoms with Crippen molar-refractivity contribution in [3.05, 3.63) is 54.9 Å². The van der Waals surface area contributed by atoms with Crippen LogP contribution in [0.5, 0.6) is 0 Å². The molecule has 0 aliphatic carbocycles. The van der Waals surface area contributed by atoms with Crippen LogP contribution in [-0.2, 0) is 4.79 Å². The van der Waals surface area contributed by atoms with E-state index in [1.807, 2.05) is 30.3 Å². The van der Waals surface area contributed by atoms with E-state index in [1.165, 1.54) is 0 Å². The molecule has 0 radical (unpaired) electrons. The first-order chi connectivity index (χ1) is 14.8. The Morgan fingerprint density at radius 1 is 1.13 bits per heavy atom. The molecule has 1 aliphatic rings. The molecule has 3 N–H and O–H groups in total. The van der Waals surface area contributed by atoms with Crippen molar-refractivity contribution in [2.45, 2.75) is 25.1 Å². The molecule has 1 saturated heterocycles. The Hall–Kier alpha value is -3.40. The van der Waals surface area contributed by atoms with Crippen molar-refractivity contribution in [2.75, 3.05) is 18.4 Å². The van der Waals surface area contributed by atoms with Gasteiger partial charge in [0.1, 0.15) is 5.82 Å². The summed E-state index contributed by atoms with van der Waals surface area (Å²) in [4.78, 5) is 17.9. The van der Waals surface area contributed by atoms with Gasteiger partial charge >= 0.3 is 12.1 Å². The Balaban J connectivity index is 0.000000339. The number of halogens is 3. The summed E-state index contributed by atoms with van der Waals surface area (Å²) in [6, 6.07) is 14.5. The Bertz CT molecular complexity index is 987. The number of benzene rings is 1. The summed E-state index contributed by atoms with van der Waals surface area (Å²) in [6.45, 7) is 2.10. The van der Waals surface area contributed by atoms with E-state index < -0.39 is 12.1 Å². The maximum atomic E-state index is 10.6. The molecule has 7 nitrogen and oxygen atoms in total. The molecular formula is C21H21F3N4O3. The van der Waals surface area contributed by atoms with E-state index in [2.05, 4.69) is 32.7 Å². The molecule has 1 fully saturated rings. The quantitative estimate of drug-likeness (QED) is 0.566. The van der Waals surface area contributed by atoms with Crippen molar-refractivity contribution in [3.63, 3.8) is 0 Å². The Morgan fingerprint density at radius 3 is 2.45 bits per heavy atom. The van der Waals surface area contributed by atoms with Gasteiger partial charge in [0.25, 0.3) is 0 Å². The predicted octanol–water partition coefficient (Wildman–Crippen LogP) is 4.20. The number of aromatic nitrogens is 2. The zero-order valence-corrected chi connectivity index (χ0v) is 16.4. The van der Waals surface area contributed by atoms with Crippen molar-refractivity contribution in [2.24, 2.45) is 0 Å². The third kappa shape index (κ3) is 6.54. The summed E-state index contributed by atoms with van der Waals surface area (Å²) >= 11 is 0. The maximum absolute atomic E-state index is 10.6. The zero-order valence-electron chi connectivity index (χ0n) is 16.4. The molecule has 0 atom stereocenters. The summed E-state index contributed by atoms with van der Waals surface area (Å²) in [7, 11) is 0. The molecule has 4 rings (SSSR count). The van der Waals surface area contributed by atoms with E-state index in [4.69, 9.17) is 14.3 Å². The van der Waals surface area contributed by atoms with E-state index in [0.717, 1.165) is 42.9 Å². The number of furan rings is 1. The second kappa shape index (κ2) is 10.1. The number of alkyl halides is 3. The third-order valence-corrected chi connectivity index (χ3v) is 4.52. The normalized spacial score (nSPS) is 14.4. The lowest BCUT2D eigenvalue weighted by molar-refractivity contribution is -0.192. The van der Waals surface area contributed by atoms with Crippen LogP contribution in [-0.4, -0.2) is 46.4 Å². The molecule has 1 aliphatic heterocycles. The molecule has 3 heterocycles. The zero-order chi connectivity index (χ0) is 22.3. The third-order valence-electron chi connectivity index (χ3n) is 4.52. The van der Waals surface area contributed by atoms with Crippen molar-refractivity contribution in [3.8, 4) is 22.7 Å². The summed E-state index contributed by atoms with van der Waals surface area (Å²) in [5.74, 6) is -0.615. The number of carbonyl (C=O) groups is 1. The Kier molecular flexibility index (Phi) is 7.24. The summed E-state index contributed by atoms with van der Waals surface area (Å²) in [6.07, 6.45) is 0.661. The summed E-state index contributed by atoms with van der Waals surface area (Å²) in [5.41, 5.74) is 2.16. The Morgan fingerprint density at radius 2 is 1.81 bits per heavy atom. The fraction of sp³-hybridized carbons (Fsp3) is 0.286. The van der Waals surface area contributed by atoms with Gasteiger partial charge in [-0.3, -0.25) is 0 Å². The second-order valence-electron chi connectivity index (χ2n) is 6.80. The monoisotopic (exact) mass is 434 g/mol. The average Bonchev–Trinajstić information content (AvgIpc) is 3.26. The van der Waals surface area contributed by atoms with Crippen LogP contribution in [0.3, 0.4) is 0 Å². The number of carboxylic acid groups (broad SMARTS) is 1. The molecule has 0 saturated carbocycles. The minimum Gasteiger partial charge on any atom is -0.475 e. The van der Waals surface area contributed by atoms with Gasteiger partial charge in [-0.05, 0) is 43.6 Å². The van der Waals surface area contributed by atoms with Crippen LogP contribution in [0.2, 0.25) is 0 Å². The smallest absolute Gasteiger partial charge is 0.475 e. The lowest BCUT2D eigenvalue weighted by Crippen LogP contribution is -2.35. The van der Waals surface area contributed by atoms with Crippen LogP contribution in [0, 0.1) is 0 Å². The molecule has 164 valence electrons. The highest BCUT2D eigenvalue weighted by molar-refractivity contribution is 5.73. The first-order valence-electron chi connectivity index (χ1n) is 9.57. The van der Waals surface area contributed by atoms with Crippen LogP contribution >= 0.6 is 0 Å². The molecule has 0 bridgehead atoms. The topological polar surface area (TPSA) is 100 Å². The van der Waals surface area contributed by atoms with E-state index in [9.17, 15) is 13.2 Å². The van der Waals surface area contributed by atoms with Gasteiger partial charge in [0.15, 0.2) is 11.6 Å². The molecule has 0 amide bonds. The Labute approximate surface area is 176 Å². The van der Waals surface area contributed by atoms with E-state index in [0.29, 0.717) is 17.6 Å². The van der Waals surface area contributed by atoms with Crippen LogP contribution in [0.25, 0.3) is 22.7 Å². The molecule has 0 spiro atoms. The second-order valence-corrected chi connectivity index (χ2v) is 6.80. The predicted molar refractivity (Wildman–Crippen MR) is 108 cm³/mol. The number of carboxylic acids is 1. The first kappa shape index (κ1) is 22.3. The first-order valence-corrected chi connectivity index (χ1v) is 9.57. The van der Waals surface area contributed by atoms with E-state index in [1.54, 1.807) is 12.5 Å². The van der Waals surface area contributed by atoms with Gasteiger partial charge in [-0.15, -0.1) is 0 Å². The number of aliphatic carboxylic acids is 1. The molecule has 31 heavy (non-hydrogen) atoms. The highest BCUT2D eigenvalue weighted by atomic mass is 19.4. The van der Waals surface area contributed by atoms with Crippen LogP contribution < -0.4 is 10.6 Å². The molecule has 2 aromatic heterocycles. The van der Waals surface area contributed by atoms with Crippen molar-refractivity contribution < 1.29 is 27.5 Å². The fourth-order valence-corrected chi connectivity index (χ4v) is 2.97. The van der Waals surface area contributed by atoms with Gasteiger partial charge in [0.05, 0.1) is 6.26 Å². The molecule has 10 heteroatoms. The number of nitrogens with zero attached hydrogens (tertiary/aromatic N) is 2. The van der Waals surface area contributed by atoms with Gasteiger partial charge in [-0.1, -0.05) is 30.3 Å².